The monoisotopic (exact) mass is 351 g/mol. The first-order valence-electron chi connectivity index (χ1n) is 9.84. The van der Waals surface area contributed by atoms with Gasteiger partial charge < -0.3 is 4.90 Å². The molecule has 2 fully saturated rings. The second kappa shape index (κ2) is 7.72. The Bertz CT molecular complexity index is 692. The van der Waals surface area contributed by atoms with E-state index in [1.54, 1.807) is 0 Å². The molecule has 2 N–H and O–H groups in total. The third-order valence-corrected chi connectivity index (χ3v) is 5.89. The molecular weight excluding hydrogens is 322 g/mol. The highest BCUT2D eigenvalue weighted by molar-refractivity contribution is 5.38. The predicted molar refractivity (Wildman–Crippen MR) is 105 cm³/mol. The van der Waals surface area contributed by atoms with Crippen molar-refractivity contribution in [2.45, 2.75) is 44.6 Å². The number of nitrogens with zero attached hydrogens (tertiary/aromatic N) is 3. The Hall–Kier alpha value is -1.98. The summed E-state index contributed by atoms with van der Waals surface area (Å²) in [6.07, 6.45) is 2.38. The van der Waals surface area contributed by atoms with Crippen molar-refractivity contribution in [1.82, 2.24) is 21.0 Å². The van der Waals surface area contributed by atoms with Crippen LogP contribution in [0.15, 0.2) is 42.5 Å². The summed E-state index contributed by atoms with van der Waals surface area (Å²) in [6, 6.07) is 15.7. The van der Waals surface area contributed by atoms with Crippen molar-refractivity contribution in [2.24, 2.45) is 5.92 Å². The summed E-state index contributed by atoms with van der Waals surface area (Å²) in [4.78, 5) is 2.38. The van der Waals surface area contributed by atoms with Gasteiger partial charge >= 0.3 is 0 Å². The molecule has 0 bridgehead atoms. The first kappa shape index (κ1) is 17.4. The van der Waals surface area contributed by atoms with E-state index in [1.165, 1.54) is 18.4 Å². The van der Waals surface area contributed by atoms with Gasteiger partial charge in [-0.1, -0.05) is 44.2 Å². The van der Waals surface area contributed by atoms with Crippen LogP contribution >= 0.6 is 0 Å². The van der Waals surface area contributed by atoms with Gasteiger partial charge in [0.05, 0.1) is 5.69 Å². The summed E-state index contributed by atoms with van der Waals surface area (Å²) in [5, 5.41) is 8.84. The molecule has 2 unspecified atom stereocenters. The van der Waals surface area contributed by atoms with Gasteiger partial charge in [-0.05, 0) is 42.4 Å². The van der Waals surface area contributed by atoms with E-state index in [2.05, 4.69) is 82.3 Å². The van der Waals surface area contributed by atoms with Crippen LogP contribution in [-0.2, 0) is 0 Å². The Morgan fingerprint density at radius 2 is 1.77 bits per heavy atom. The van der Waals surface area contributed by atoms with Crippen LogP contribution in [0.3, 0.4) is 0 Å². The van der Waals surface area contributed by atoms with Crippen LogP contribution in [0.1, 0.15) is 49.8 Å². The second-order valence-corrected chi connectivity index (χ2v) is 7.86. The lowest BCUT2D eigenvalue weighted by atomic mass is 9.80. The van der Waals surface area contributed by atoms with Gasteiger partial charge in [-0.15, -0.1) is 5.10 Å². The smallest absolute Gasteiger partial charge is 0.151 e. The molecule has 0 amide bonds. The van der Waals surface area contributed by atoms with Crippen molar-refractivity contribution in [3.05, 3.63) is 53.7 Å². The Kier molecular flexibility index (Phi) is 5.18. The van der Waals surface area contributed by atoms with Crippen LogP contribution in [0.4, 0.5) is 5.82 Å². The van der Waals surface area contributed by atoms with Crippen molar-refractivity contribution < 1.29 is 0 Å². The molecule has 3 heterocycles. The van der Waals surface area contributed by atoms with E-state index in [4.69, 9.17) is 0 Å². The normalized spacial score (nSPS) is 24.3. The standard InChI is InChI=1S/C21H29N5/c1-15(2)19-8-9-20(24-23-19)26-12-10-17(11-13-26)21-18(14-22-25-21)16-6-4-3-5-7-16/h3-9,15,17-18,21-22,25H,10-14H2,1-2H3. The Morgan fingerprint density at radius 1 is 1.00 bits per heavy atom. The quantitative estimate of drug-likeness (QED) is 0.887. The summed E-state index contributed by atoms with van der Waals surface area (Å²) >= 11 is 0. The van der Waals surface area contributed by atoms with Crippen molar-refractivity contribution in [1.29, 1.82) is 0 Å². The van der Waals surface area contributed by atoms with E-state index >= 15 is 0 Å². The van der Waals surface area contributed by atoms with E-state index in [1.807, 2.05) is 0 Å². The molecule has 1 aromatic heterocycles. The molecule has 2 saturated heterocycles. The minimum atomic E-state index is 0.429. The second-order valence-electron chi connectivity index (χ2n) is 7.86. The van der Waals surface area contributed by atoms with Crippen molar-refractivity contribution >= 4 is 5.82 Å². The van der Waals surface area contributed by atoms with Gasteiger partial charge in [-0.2, -0.15) is 5.10 Å². The highest BCUT2D eigenvalue weighted by Gasteiger charge is 2.36. The third-order valence-electron chi connectivity index (χ3n) is 5.89. The van der Waals surface area contributed by atoms with Crippen LogP contribution in [0.5, 0.6) is 0 Å². The van der Waals surface area contributed by atoms with E-state index in [-0.39, 0.29) is 0 Å². The summed E-state index contributed by atoms with van der Waals surface area (Å²) in [5.74, 6) is 2.69. The Morgan fingerprint density at radius 3 is 2.42 bits per heavy atom. The van der Waals surface area contributed by atoms with Gasteiger partial charge in [0, 0.05) is 31.6 Å². The number of anilines is 1. The van der Waals surface area contributed by atoms with E-state index in [0.717, 1.165) is 31.1 Å². The maximum atomic E-state index is 4.46. The number of piperidine rings is 1. The van der Waals surface area contributed by atoms with Crippen LogP contribution in [-0.4, -0.2) is 35.9 Å². The Balaban J connectivity index is 1.38. The molecule has 5 heteroatoms. The molecule has 0 radical (unpaired) electrons. The number of hydrogen-bond acceptors (Lipinski definition) is 5. The molecule has 4 rings (SSSR count). The molecular formula is C21H29N5. The van der Waals surface area contributed by atoms with Gasteiger partial charge in [-0.25, -0.2) is 0 Å². The van der Waals surface area contributed by atoms with Crippen LogP contribution in [0, 0.1) is 5.92 Å². The van der Waals surface area contributed by atoms with Gasteiger partial charge in [0.25, 0.3) is 0 Å². The number of aromatic nitrogens is 2. The summed E-state index contributed by atoms with van der Waals surface area (Å²) in [6.45, 7) is 7.43. The third kappa shape index (κ3) is 3.60. The van der Waals surface area contributed by atoms with Crippen LogP contribution in [0.2, 0.25) is 0 Å². The van der Waals surface area contributed by atoms with Crippen LogP contribution in [0.25, 0.3) is 0 Å². The molecule has 2 aromatic rings. The lowest BCUT2D eigenvalue weighted by molar-refractivity contribution is 0.295. The van der Waals surface area contributed by atoms with E-state index < -0.39 is 0 Å². The minimum Gasteiger partial charge on any atom is -0.355 e. The fourth-order valence-electron chi connectivity index (χ4n) is 4.29. The predicted octanol–water partition coefficient (Wildman–Crippen LogP) is 3.08. The average molecular weight is 351 g/mol. The zero-order chi connectivity index (χ0) is 17.9. The van der Waals surface area contributed by atoms with E-state index in [0.29, 0.717) is 23.8 Å². The largest absolute Gasteiger partial charge is 0.355 e. The fourth-order valence-corrected chi connectivity index (χ4v) is 4.29. The summed E-state index contributed by atoms with van der Waals surface area (Å²) < 4.78 is 0. The number of rotatable bonds is 4. The lowest BCUT2D eigenvalue weighted by Crippen LogP contribution is -2.44. The zero-order valence-electron chi connectivity index (χ0n) is 15.7. The summed E-state index contributed by atoms with van der Waals surface area (Å²) in [7, 11) is 0. The fraction of sp³-hybridized carbons (Fsp3) is 0.524. The molecule has 2 aliphatic rings. The Labute approximate surface area is 156 Å². The molecule has 2 atom stereocenters. The van der Waals surface area contributed by atoms with Crippen molar-refractivity contribution in [3.8, 4) is 0 Å². The zero-order valence-corrected chi connectivity index (χ0v) is 15.7. The van der Waals surface area contributed by atoms with Crippen LogP contribution < -0.4 is 15.8 Å². The van der Waals surface area contributed by atoms with Gasteiger partial charge in [0.2, 0.25) is 0 Å². The molecule has 2 aliphatic heterocycles. The molecule has 1 aromatic carbocycles. The number of hydrogen-bond donors (Lipinski definition) is 2. The molecule has 0 saturated carbocycles. The maximum absolute atomic E-state index is 4.46. The lowest BCUT2D eigenvalue weighted by Gasteiger charge is -2.37. The maximum Gasteiger partial charge on any atom is 0.151 e. The van der Waals surface area contributed by atoms with E-state index in [9.17, 15) is 0 Å². The molecule has 5 nitrogen and oxygen atoms in total. The van der Waals surface area contributed by atoms with Crippen molar-refractivity contribution in [2.75, 3.05) is 24.5 Å². The number of hydrazine groups is 1. The molecule has 0 aliphatic carbocycles. The highest BCUT2D eigenvalue weighted by Crippen LogP contribution is 2.33. The molecule has 0 spiro atoms. The highest BCUT2D eigenvalue weighted by atomic mass is 15.4. The van der Waals surface area contributed by atoms with Gasteiger partial charge in [-0.3, -0.25) is 10.9 Å². The van der Waals surface area contributed by atoms with Gasteiger partial charge in [0.1, 0.15) is 0 Å². The number of benzene rings is 1. The number of nitrogens with one attached hydrogen (secondary N) is 2. The first-order chi connectivity index (χ1) is 12.7. The SMILES string of the molecule is CC(C)c1ccc(N2CCC(C3NNCC3c3ccccc3)CC2)nn1. The first-order valence-corrected chi connectivity index (χ1v) is 9.84. The summed E-state index contributed by atoms with van der Waals surface area (Å²) in [5.41, 5.74) is 9.45. The molecule has 138 valence electrons. The van der Waals surface area contributed by atoms with Gasteiger partial charge in [0.15, 0.2) is 5.82 Å². The average Bonchev–Trinajstić information content (AvgIpc) is 3.19. The molecule has 26 heavy (non-hydrogen) atoms. The topological polar surface area (TPSA) is 53.1 Å². The van der Waals surface area contributed by atoms with Crippen molar-refractivity contribution in [3.63, 3.8) is 0 Å². The minimum absolute atomic E-state index is 0.429.